The number of ether oxygens (including phenoxy) is 1. The number of aliphatic hydroxyl groups is 1. The molecule has 2 N–H and O–H groups in total. The Hall–Kier alpha value is -0.750. The SMILES string of the molecule is CCOC(=O)C(F)(F)C(O)CNC. The Morgan fingerprint density at radius 1 is 1.69 bits per heavy atom. The number of esters is 1. The molecule has 0 aliphatic heterocycles. The quantitative estimate of drug-likeness (QED) is 0.597. The van der Waals surface area contributed by atoms with Crippen molar-refractivity contribution < 1.29 is 23.4 Å². The average molecular weight is 197 g/mol. The van der Waals surface area contributed by atoms with Crippen molar-refractivity contribution in [2.45, 2.75) is 19.0 Å². The highest BCUT2D eigenvalue weighted by Crippen LogP contribution is 2.20. The van der Waals surface area contributed by atoms with Crippen molar-refractivity contribution >= 4 is 5.97 Å². The Labute approximate surface area is 74.9 Å². The maximum absolute atomic E-state index is 12.8. The van der Waals surface area contributed by atoms with E-state index in [9.17, 15) is 13.6 Å². The predicted octanol–water partition coefficient (Wildman–Crippen LogP) is -0.235. The summed E-state index contributed by atoms with van der Waals surface area (Å²) < 4.78 is 29.7. The molecular weight excluding hydrogens is 184 g/mol. The Morgan fingerprint density at radius 3 is 2.62 bits per heavy atom. The zero-order valence-electron chi connectivity index (χ0n) is 7.51. The molecule has 0 aromatic carbocycles. The van der Waals surface area contributed by atoms with Gasteiger partial charge in [0.2, 0.25) is 0 Å². The molecule has 0 aromatic heterocycles. The van der Waals surface area contributed by atoms with Gasteiger partial charge in [-0.15, -0.1) is 0 Å². The number of rotatable bonds is 5. The minimum Gasteiger partial charge on any atom is -0.461 e. The minimum atomic E-state index is -3.85. The van der Waals surface area contributed by atoms with E-state index in [1.807, 2.05) is 0 Å². The number of halogens is 2. The van der Waals surface area contributed by atoms with E-state index >= 15 is 0 Å². The molecule has 0 aliphatic rings. The number of alkyl halides is 2. The van der Waals surface area contributed by atoms with Crippen molar-refractivity contribution in [2.24, 2.45) is 0 Å². The van der Waals surface area contributed by atoms with Crippen molar-refractivity contribution in [2.75, 3.05) is 20.2 Å². The topological polar surface area (TPSA) is 58.6 Å². The van der Waals surface area contributed by atoms with Crippen LogP contribution in [0.1, 0.15) is 6.92 Å². The van der Waals surface area contributed by atoms with Gasteiger partial charge in [-0.1, -0.05) is 0 Å². The molecule has 0 saturated heterocycles. The van der Waals surface area contributed by atoms with Crippen LogP contribution >= 0.6 is 0 Å². The van der Waals surface area contributed by atoms with Gasteiger partial charge < -0.3 is 15.2 Å². The second-order valence-corrected chi connectivity index (χ2v) is 2.42. The smallest absolute Gasteiger partial charge is 0.379 e. The maximum atomic E-state index is 12.8. The predicted molar refractivity (Wildman–Crippen MR) is 41.5 cm³/mol. The van der Waals surface area contributed by atoms with Gasteiger partial charge in [0.1, 0.15) is 6.10 Å². The van der Waals surface area contributed by atoms with Gasteiger partial charge in [-0.3, -0.25) is 0 Å². The molecule has 0 aliphatic carbocycles. The molecule has 0 amide bonds. The van der Waals surface area contributed by atoms with Crippen molar-refractivity contribution in [3.8, 4) is 0 Å². The molecule has 6 heteroatoms. The van der Waals surface area contributed by atoms with Crippen LogP contribution in [0.25, 0.3) is 0 Å². The van der Waals surface area contributed by atoms with Crippen LogP contribution in [0.4, 0.5) is 8.78 Å². The molecule has 4 nitrogen and oxygen atoms in total. The summed E-state index contributed by atoms with van der Waals surface area (Å²) in [7, 11) is 1.39. The van der Waals surface area contributed by atoms with Crippen molar-refractivity contribution in [3.05, 3.63) is 0 Å². The van der Waals surface area contributed by atoms with Crippen LogP contribution in [0.3, 0.4) is 0 Å². The van der Waals surface area contributed by atoms with Gasteiger partial charge in [0.05, 0.1) is 6.61 Å². The normalized spacial score (nSPS) is 13.9. The number of nitrogens with one attached hydrogen (secondary N) is 1. The van der Waals surface area contributed by atoms with E-state index in [2.05, 4.69) is 10.1 Å². The largest absolute Gasteiger partial charge is 0.461 e. The zero-order valence-corrected chi connectivity index (χ0v) is 7.51. The second-order valence-electron chi connectivity index (χ2n) is 2.42. The third-order valence-electron chi connectivity index (χ3n) is 1.36. The van der Waals surface area contributed by atoms with Gasteiger partial charge in [0.25, 0.3) is 0 Å². The summed E-state index contributed by atoms with van der Waals surface area (Å²) in [5.41, 5.74) is 0. The van der Waals surface area contributed by atoms with Gasteiger partial charge >= 0.3 is 11.9 Å². The standard InChI is InChI=1S/C7H13F2NO3/c1-3-13-6(12)7(8,9)5(11)4-10-2/h5,10-11H,3-4H2,1-2H3. The molecule has 13 heavy (non-hydrogen) atoms. The third-order valence-corrected chi connectivity index (χ3v) is 1.36. The van der Waals surface area contributed by atoms with E-state index in [1.54, 1.807) is 0 Å². The summed E-state index contributed by atoms with van der Waals surface area (Å²) in [5, 5.41) is 11.2. The number of likely N-dealkylation sites (N-methyl/N-ethyl adjacent to an activating group) is 1. The fraction of sp³-hybridized carbons (Fsp3) is 0.857. The molecule has 0 saturated carbocycles. The number of hydrogen-bond acceptors (Lipinski definition) is 4. The highest BCUT2D eigenvalue weighted by molar-refractivity contribution is 5.78. The van der Waals surface area contributed by atoms with Crippen molar-refractivity contribution in [3.63, 3.8) is 0 Å². The lowest BCUT2D eigenvalue weighted by Crippen LogP contribution is -2.47. The molecule has 1 atom stereocenters. The summed E-state index contributed by atoms with van der Waals surface area (Å²) in [4.78, 5) is 10.6. The number of carbonyl (C=O) groups is 1. The first-order valence-corrected chi connectivity index (χ1v) is 3.84. The van der Waals surface area contributed by atoms with E-state index in [0.29, 0.717) is 0 Å². The van der Waals surface area contributed by atoms with Gasteiger partial charge in [0, 0.05) is 6.54 Å². The lowest BCUT2D eigenvalue weighted by atomic mass is 10.2. The van der Waals surface area contributed by atoms with Crippen molar-refractivity contribution in [1.82, 2.24) is 5.32 Å². The van der Waals surface area contributed by atoms with Crippen LogP contribution in [-0.2, 0) is 9.53 Å². The second kappa shape index (κ2) is 5.08. The summed E-state index contributed by atoms with van der Waals surface area (Å²) >= 11 is 0. The number of aliphatic hydroxyl groups excluding tert-OH is 1. The van der Waals surface area contributed by atoms with Crippen molar-refractivity contribution in [1.29, 1.82) is 0 Å². The highest BCUT2D eigenvalue weighted by Gasteiger charge is 2.47. The lowest BCUT2D eigenvalue weighted by Gasteiger charge is -2.19. The van der Waals surface area contributed by atoms with E-state index in [-0.39, 0.29) is 13.2 Å². The molecule has 0 aromatic rings. The third kappa shape index (κ3) is 3.23. The van der Waals surface area contributed by atoms with Gasteiger partial charge in [-0.2, -0.15) is 8.78 Å². The van der Waals surface area contributed by atoms with E-state index in [1.165, 1.54) is 14.0 Å². The molecule has 0 rings (SSSR count). The summed E-state index contributed by atoms with van der Waals surface area (Å²) in [6.07, 6.45) is -2.06. The maximum Gasteiger partial charge on any atom is 0.379 e. The first kappa shape index (κ1) is 12.2. The van der Waals surface area contributed by atoms with E-state index in [4.69, 9.17) is 5.11 Å². The Morgan fingerprint density at radius 2 is 2.23 bits per heavy atom. The van der Waals surface area contributed by atoms with Crippen LogP contribution in [0.5, 0.6) is 0 Å². The highest BCUT2D eigenvalue weighted by atomic mass is 19.3. The van der Waals surface area contributed by atoms with Crippen LogP contribution in [0.2, 0.25) is 0 Å². The van der Waals surface area contributed by atoms with Gasteiger partial charge in [-0.25, -0.2) is 4.79 Å². The summed E-state index contributed by atoms with van der Waals surface area (Å²) in [6.45, 7) is 0.908. The molecule has 1 unspecified atom stereocenters. The molecule has 0 fully saturated rings. The number of carbonyl (C=O) groups excluding carboxylic acids is 1. The van der Waals surface area contributed by atoms with Crippen LogP contribution in [0, 0.1) is 0 Å². The fourth-order valence-corrected chi connectivity index (χ4v) is 0.685. The molecule has 0 radical (unpaired) electrons. The fourth-order valence-electron chi connectivity index (χ4n) is 0.685. The van der Waals surface area contributed by atoms with Crippen LogP contribution in [-0.4, -0.2) is 43.3 Å². The Kier molecular flexibility index (Phi) is 4.79. The van der Waals surface area contributed by atoms with E-state index in [0.717, 1.165) is 0 Å². The minimum absolute atomic E-state index is 0.138. The summed E-state index contributed by atoms with van der Waals surface area (Å²) in [5.74, 6) is -5.54. The zero-order chi connectivity index (χ0) is 10.5. The molecule has 0 spiro atoms. The molecule has 0 heterocycles. The average Bonchev–Trinajstić information content (AvgIpc) is 2.05. The Bertz CT molecular complexity index is 175. The first-order chi connectivity index (χ1) is 5.96. The molecule has 0 bridgehead atoms. The summed E-state index contributed by atoms with van der Waals surface area (Å²) in [6, 6.07) is 0. The lowest BCUT2D eigenvalue weighted by molar-refractivity contribution is -0.187. The van der Waals surface area contributed by atoms with Gasteiger partial charge in [0.15, 0.2) is 0 Å². The Balaban J connectivity index is 4.26. The van der Waals surface area contributed by atoms with Gasteiger partial charge in [-0.05, 0) is 14.0 Å². The number of hydrogen-bond donors (Lipinski definition) is 2. The van der Waals surface area contributed by atoms with Crippen LogP contribution < -0.4 is 5.32 Å². The molecule has 78 valence electrons. The monoisotopic (exact) mass is 197 g/mol. The van der Waals surface area contributed by atoms with Crippen LogP contribution in [0.15, 0.2) is 0 Å². The van der Waals surface area contributed by atoms with E-state index < -0.39 is 18.0 Å². The molecular formula is C7H13F2NO3. The first-order valence-electron chi connectivity index (χ1n) is 3.84.